The van der Waals surface area contributed by atoms with Crippen molar-refractivity contribution in [2.75, 3.05) is 6.61 Å². The second-order valence-electron chi connectivity index (χ2n) is 10.0. The van der Waals surface area contributed by atoms with E-state index in [9.17, 15) is 9.90 Å². The Bertz CT molecular complexity index is 531. The van der Waals surface area contributed by atoms with E-state index in [0.29, 0.717) is 17.9 Å². The number of fused-ring (bicyclic) bond motifs is 5. The van der Waals surface area contributed by atoms with Crippen molar-refractivity contribution < 1.29 is 14.6 Å². The lowest BCUT2D eigenvalue weighted by atomic mass is 9.44. The maximum Gasteiger partial charge on any atom is 0.308 e. The van der Waals surface area contributed by atoms with E-state index in [1.54, 1.807) is 0 Å². The molecule has 3 nitrogen and oxygen atoms in total. The second-order valence-corrected chi connectivity index (χ2v) is 10.0. The van der Waals surface area contributed by atoms with Crippen molar-refractivity contribution in [3.63, 3.8) is 0 Å². The van der Waals surface area contributed by atoms with Crippen molar-refractivity contribution in [3.8, 4) is 0 Å². The molecule has 0 aromatic carbocycles. The van der Waals surface area contributed by atoms with Crippen molar-refractivity contribution in [3.05, 3.63) is 0 Å². The average Bonchev–Trinajstić information content (AvgIpc) is 2.89. The smallest absolute Gasteiger partial charge is 0.308 e. The highest BCUT2D eigenvalue weighted by Gasteiger charge is 2.60. The van der Waals surface area contributed by atoms with E-state index in [-0.39, 0.29) is 23.4 Å². The van der Waals surface area contributed by atoms with Crippen LogP contribution in [0.3, 0.4) is 0 Å². The average molecular weight is 349 g/mol. The van der Waals surface area contributed by atoms with Gasteiger partial charge in [0.1, 0.15) is 0 Å². The molecule has 0 heterocycles. The Kier molecular flexibility index (Phi) is 4.46. The Labute approximate surface area is 152 Å². The number of hydrogen-bond donors (Lipinski definition) is 1. The standard InChI is InChI=1S/C22H36O3/c1-4-25-20(24)14-9-11-21(2)15(13-14)5-6-16-17-7-8-19(23)22(17,3)12-10-18(16)21/h14-19,23H,4-13H2,1-3H3/t14-,15-,16+,17+,18+,19+,21-,22-/m0/s1. The van der Waals surface area contributed by atoms with Gasteiger partial charge in [0.15, 0.2) is 0 Å². The van der Waals surface area contributed by atoms with E-state index in [1.165, 1.54) is 38.5 Å². The fraction of sp³-hybridized carbons (Fsp3) is 0.955. The van der Waals surface area contributed by atoms with Crippen LogP contribution in [0.15, 0.2) is 0 Å². The molecular formula is C22H36O3. The summed E-state index contributed by atoms with van der Waals surface area (Å²) in [5, 5.41) is 10.6. The normalized spacial score (nSPS) is 52.0. The lowest BCUT2D eigenvalue weighted by Gasteiger charge is -2.60. The first-order chi connectivity index (χ1) is 11.9. The van der Waals surface area contributed by atoms with Gasteiger partial charge in [-0.1, -0.05) is 13.8 Å². The van der Waals surface area contributed by atoms with Crippen molar-refractivity contribution >= 4 is 5.97 Å². The third-order valence-corrected chi connectivity index (χ3v) is 9.24. The van der Waals surface area contributed by atoms with Gasteiger partial charge in [-0.25, -0.2) is 0 Å². The maximum absolute atomic E-state index is 12.2. The summed E-state index contributed by atoms with van der Waals surface area (Å²) in [6.07, 6.45) is 10.5. The van der Waals surface area contributed by atoms with E-state index in [1.807, 2.05) is 6.92 Å². The molecule has 0 bridgehead atoms. The molecular weight excluding hydrogens is 312 g/mol. The number of aliphatic hydroxyl groups is 1. The van der Waals surface area contributed by atoms with Gasteiger partial charge in [0, 0.05) is 0 Å². The quantitative estimate of drug-likeness (QED) is 0.744. The Morgan fingerprint density at radius 1 is 1.00 bits per heavy atom. The van der Waals surface area contributed by atoms with Gasteiger partial charge in [-0.2, -0.15) is 0 Å². The first-order valence-corrected chi connectivity index (χ1v) is 10.7. The molecule has 3 heteroatoms. The minimum absolute atomic E-state index is 0.0433. The highest BCUT2D eigenvalue weighted by Crippen LogP contribution is 2.66. The predicted octanol–water partition coefficient (Wildman–Crippen LogP) is 4.57. The summed E-state index contributed by atoms with van der Waals surface area (Å²) >= 11 is 0. The number of carbonyl (C=O) groups excluding carboxylic acids is 1. The van der Waals surface area contributed by atoms with Crippen LogP contribution in [0.25, 0.3) is 0 Å². The van der Waals surface area contributed by atoms with Crippen LogP contribution in [0, 0.1) is 40.4 Å². The maximum atomic E-state index is 12.2. The number of esters is 1. The summed E-state index contributed by atoms with van der Waals surface area (Å²) in [6.45, 7) is 7.30. The number of carbonyl (C=O) groups is 1. The van der Waals surface area contributed by atoms with Gasteiger partial charge in [-0.05, 0) is 99.2 Å². The molecule has 0 radical (unpaired) electrons. The highest BCUT2D eigenvalue weighted by molar-refractivity contribution is 5.72. The minimum atomic E-state index is -0.0801. The fourth-order valence-corrected chi connectivity index (χ4v) is 7.70. The molecule has 25 heavy (non-hydrogen) atoms. The third kappa shape index (κ3) is 2.59. The molecule has 8 atom stereocenters. The van der Waals surface area contributed by atoms with Crippen LogP contribution >= 0.6 is 0 Å². The minimum Gasteiger partial charge on any atom is -0.466 e. The van der Waals surface area contributed by atoms with Crippen LogP contribution in [0.4, 0.5) is 0 Å². The summed E-state index contributed by atoms with van der Waals surface area (Å²) in [5.74, 6) is 3.20. The van der Waals surface area contributed by atoms with Gasteiger partial charge >= 0.3 is 5.97 Å². The third-order valence-electron chi connectivity index (χ3n) is 9.24. The molecule has 0 aromatic heterocycles. The zero-order valence-corrected chi connectivity index (χ0v) is 16.3. The van der Waals surface area contributed by atoms with Crippen LogP contribution in [-0.2, 0) is 9.53 Å². The Morgan fingerprint density at radius 2 is 1.72 bits per heavy atom. The Balaban J connectivity index is 1.52. The van der Waals surface area contributed by atoms with Gasteiger partial charge in [0.25, 0.3) is 0 Å². The molecule has 4 rings (SSSR count). The lowest BCUT2D eigenvalue weighted by molar-refractivity contribution is -0.158. The molecule has 0 aromatic rings. The largest absolute Gasteiger partial charge is 0.466 e. The van der Waals surface area contributed by atoms with E-state index in [4.69, 9.17) is 4.74 Å². The second kappa shape index (κ2) is 6.25. The van der Waals surface area contributed by atoms with Crippen LogP contribution in [0.1, 0.15) is 78.6 Å². The molecule has 0 amide bonds. The monoisotopic (exact) mass is 348 g/mol. The number of rotatable bonds is 2. The van der Waals surface area contributed by atoms with Crippen LogP contribution in [0.2, 0.25) is 0 Å². The molecule has 1 N–H and O–H groups in total. The van der Waals surface area contributed by atoms with Crippen molar-refractivity contribution in [2.24, 2.45) is 40.4 Å². The summed E-state index contributed by atoms with van der Waals surface area (Å²) < 4.78 is 5.32. The SMILES string of the molecule is CCOC(=O)[C@H]1CC[C@@]2(C)[C@@H](CC[C@H]3[C@H]2CC[C@]2(C)[C@H](O)CC[C@H]32)C1. The molecule has 0 spiro atoms. The van der Waals surface area contributed by atoms with E-state index in [0.717, 1.165) is 37.0 Å². The van der Waals surface area contributed by atoms with E-state index in [2.05, 4.69) is 13.8 Å². The molecule has 4 aliphatic carbocycles. The zero-order valence-electron chi connectivity index (χ0n) is 16.3. The summed E-state index contributed by atoms with van der Waals surface area (Å²) in [6, 6.07) is 0. The molecule has 4 saturated carbocycles. The van der Waals surface area contributed by atoms with E-state index >= 15 is 0 Å². The molecule has 4 aliphatic rings. The Hall–Kier alpha value is -0.570. The summed E-state index contributed by atoms with van der Waals surface area (Å²) in [5.41, 5.74) is 0.577. The van der Waals surface area contributed by atoms with Gasteiger partial charge in [-0.15, -0.1) is 0 Å². The topological polar surface area (TPSA) is 46.5 Å². The number of ether oxygens (including phenoxy) is 1. The van der Waals surface area contributed by atoms with Crippen molar-refractivity contribution in [2.45, 2.75) is 84.7 Å². The molecule has 142 valence electrons. The highest BCUT2D eigenvalue weighted by atomic mass is 16.5. The van der Waals surface area contributed by atoms with Gasteiger partial charge in [0.2, 0.25) is 0 Å². The van der Waals surface area contributed by atoms with Crippen molar-refractivity contribution in [1.29, 1.82) is 0 Å². The number of hydrogen-bond acceptors (Lipinski definition) is 3. The van der Waals surface area contributed by atoms with Gasteiger partial charge in [0.05, 0.1) is 18.6 Å². The molecule has 0 unspecified atom stereocenters. The lowest BCUT2D eigenvalue weighted by Crippen LogP contribution is -2.54. The van der Waals surface area contributed by atoms with Crippen LogP contribution < -0.4 is 0 Å². The molecule has 0 saturated heterocycles. The summed E-state index contributed by atoms with van der Waals surface area (Å²) in [7, 11) is 0. The Morgan fingerprint density at radius 3 is 2.48 bits per heavy atom. The molecule has 4 fully saturated rings. The van der Waals surface area contributed by atoms with Gasteiger partial charge < -0.3 is 9.84 Å². The first kappa shape index (κ1) is 17.8. The van der Waals surface area contributed by atoms with Crippen LogP contribution in [0.5, 0.6) is 0 Å². The van der Waals surface area contributed by atoms with E-state index < -0.39 is 0 Å². The fourth-order valence-electron chi connectivity index (χ4n) is 7.70. The van der Waals surface area contributed by atoms with Crippen molar-refractivity contribution in [1.82, 2.24) is 0 Å². The number of aliphatic hydroxyl groups excluding tert-OH is 1. The van der Waals surface area contributed by atoms with Gasteiger partial charge in [-0.3, -0.25) is 4.79 Å². The summed E-state index contributed by atoms with van der Waals surface area (Å²) in [4.78, 5) is 12.2. The first-order valence-electron chi connectivity index (χ1n) is 10.7. The zero-order chi connectivity index (χ0) is 17.8. The predicted molar refractivity (Wildman–Crippen MR) is 97.9 cm³/mol. The molecule has 0 aliphatic heterocycles. The van der Waals surface area contributed by atoms with Crippen LogP contribution in [-0.4, -0.2) is 23.8 Å².